The quantitative estimate of drug-likeness (QED) is 0.482. The molecular weight excluding hydrogens is 480 g/mol. The van der Waals surface area contributed by atoms with Gasteiger partial charge in [-0.15, -0.1) is 0 Å². The lowest BCUT2D eigenvalue weighted by molar-refractivity contribution is -0.120. The van der Waals surface area contributed by atoms with Gasteiger partial charge in [0.25, 0.3) is 0 Å². The summed E-state index contributed by atoms with van der Waals surface area (Å²) in [5.74, 6) is -0.153. The van der Waals surface area contributed by atoms with E-state index in [1.807, 2.05) is 61.9 Å². The third-order valence-corrected chi connectivity index (χ3v) is 6.91. The summed E-state index contributed by atoms with van der Waals surface area (Å²) in [5.41, 5.74) is 4.23. The summed E-state index contributed by atoms with van der Waals surface area (Å²) in [4.78, 5) is 28.4. The van der Waals surface area contributed by atoms with E-state index in [1.54, 1.807) is 11.1 Å². The number of fused-ring (bicyclic) bond motifs is 1. The standard InChI is InChI=1S/C30H36N4O4/c1-30(2,3)38-29(36)32-24(19-21-9-5-4-6-10-21)28(35)33-17-15-22-12-13-23(20-26(22)33)25-14-16-31-34(25)27-11-7-8-18-37-27/h4-6,9-10,12-14,16,20,24,27H,7-8,11,15,17-19H2,1-3H3,(H,32,36)/t24?,27-/m0/s1. The van der Waals surface area contributed by atoms with Crippen LogP contribution in [-0.2, 0) is 27.1 Å². The highest BCUT2D eigenvalue weighted by Gasteiger charge is 2.33. The Morgan fingerprint density at radius 1 is 1.13 bits per heavy atom. The first-order chi connectivity index (χ1) is 18.3. The predicted molar refractivity (Wildman–Crippen MR) is 146 cm³/mol. The van der Waals surface area contributed by atoms with Crippen LogP contribution in [0.25, 0.3) is 11.3 Å². The Labute approximate surface area is 223 Å². The molecule has 8 nitrogen and oxygen atoms in total. The highest BCUT2D eigenvalue weighted by Crippen LogP contribution is 2.35. The van der Waals surface area contributed by atoms with Gasteiger partial charge in [0.2, 0.25) is 5.91 Å². The van der Waals surface area contributed by atoms with Crippen molar-refractivity contribution in [1.29, 1.82) is 0 Å². The number of rotatable bonds is 6. The molecule has 1 fully saturated rings. The highest BCUT2D eigenvalue weighted by molar-refractivity contribution is 6.01. The molecule has 1 saturated heterocycles. The van der Waals surface area contributed by atoms with Crippen LogP contribution in [-0.4, -0.2) is 46.6 Å². The topological polar surface area (TPSA) is 85.7 Å². The molecule has 8 heteroatoms. The number of aromatic nitrogens is 2. The average Bonchev–Trinajstić information content (AvgIpc) is 3.55. The molecule has 200 valence electrons. The van der Waals surface area contributed by atoms with Crippen LogP contribution in [0.2, 0.25) is 0 Å². The Bertz CT molecular complexity index is 1270. The van der Waals surface area contributed by atoms with Crippen molar-refractivity contribution in [3.05, 3.63) is 71.9 Å². The second kappa shape index (κ2) is 11.0. The fourth-order valence-corrected chi connectivity index (χ4v) is 5.14. The van der Waals surface area contributed by atoms with Crippen LogP contribution in [0, 0.1) is 0 Å². The molecule has 0 radical (unpaired) electrons. The molecule has 0 bridgehead atoms. The molecule has 0 aliphatic carbocycles. The Morgan fingerprint density at radius 3 is 2.68 bits per heavy atom. The SMILES string of the molecule is CC(C)(C)OC(=O)NC(Cc1ccccc1)C(=O)N1CCc2ccc(-c3ccnn3[C@@H]3CCCCO3)cc21. The van der Waals surface area contributed by atoms with Crippen LogP contribution < -0.4 is 10.2 Å². The molecule has 3 heterocycles. The Kier molecular flexibility index (Phi) is 7.51. The van der Waals surface area contributed by atoms with Gasteiger partial charge in [-0.3, -0.25) is 4.79 Å². The zero-order valence-electron chi connectivity index (χ0n) is 22.4. The van der Waals surface area contributed by atoms with Crippen molar-refractivity contribution in [2.24, 2.45) is 0 Å². The van der Waals surface area contributed by atoms with Crippen LogP contribution in [0.4, 0.5) is 10.5 Å². The fraction of sp³-hybridized carbons (Fsp3) is 0.433. The lowest BCUT2D eigenvalue weighted by atomic mass is 10.0. The van der Waals surface area contributed by atoms with E-state index in [9.17, 15) is 9.59 Å². The number of alkyl carbamates (subject to hydrolysis) is 1. The van der Waals surface area contributed by atoms with E-state index in [0.29, 0.717) is 13.0 Å². The minimum Gasteiger partial charge on any atom is -0.444 e. The second-order valence-corrected chi connectivity index (χ2v) is 11.0. The van der Waals surface area contributed by atoms with Crippen LogP contribution in [0.3, 0.4) is 0 Å². The van der Waals surface area contributed by atoms with Crippen LogP contribution in [0.5, 0.6) is 0 Å². The van der Waals surface area contributed by atoms with E-state index in [4.69, 9.17) is 9.47 Å². The molecule has 2 aromatic carbocycles. The third-order valence-electron chi connectivity index (χ3n) is 6.91. The first-order valence-electron chi connectivity index (χ1n) is 13.4. The molecule has 1 unspecified atom stereocenters. The highest BCUT2D eigenvalue weighted by atomic mass is 16.6. The fourth-order valence-electron chi connectivity index (χ4n) is 5.14. The van der Waals surface area contributed by atoms with Crippen LogP contribution in [0.15, 0.2) is 60.8 Å². The Balaban J connectivity index is 1.41. The van der Waals surface area contributed by atoms with E-state index in [2.05, 4.69) is 28.6 Å². The number of nitrogens with one attached hydrogen (secondary N) is 1. The van der Waals surface area contributed by atoms with Gasteiger partial charge in [-0.1, -0.05) is 42.5 Å². The van der Waals surface area contributed by atoms with E-state index in [1.165, 1.54) is 0 Å². The number of carbonyl (C=O) groups excluding carboxylic acids is 2. The van der Waals surface area contributed by atoms with E-state index < -0.39 is 17.7 Å². The number of ether oxygens (including phenoxy) is 2. The molecule has 2 aliphatic rings. The normalized spacial score (nSPS) is 18.1. The molecule has 3 aromatic rings. The third kappa shape index (κ3) is 5.91. The van der Waals surface area contributed by atoms with Gasteiger partial charge in [-0.25, -0.2) is 9.48 Å². The van der Waals surface area contributed by atoms with Crippen molar-refractivity contribution < 1.29 is 19.1 Å². The second-order valence-electron chi connectivity index (χ2n) is 11.0. The number of hydrogen-bond donors (Lipinski definition) is 1. The summed E-state index contributed by atoms with van der Waals surface area (Å²) >= 11 is 0. The zero-order chi connectivity index (χ0) is 26.7. The van der Waals surface area contributed by atoms with Gasteiger partial charge in [0.15, 0.2) is 6.23 Å². The lowest BCUT2D eigenvalue weighted by Crippen LogP contribution is -2.50. The molecule has 0 saturated carbocycles. The van der Waals surface area contributed by atoms with Gasteiger partial charge in [-0.05, 0) is 69.7 Å². The number of anilines is 1. The van der Waals surface area contributed by atoms with Gasteiger partial charge in [0.05, 0.1) is 5.69 Å². The maximum atomic E-state index is 13.9. The zero-order valence-corrected chi connectivity index (χ0v) is 22.4. The van der Waals surface area contributed by atoms with E-state index in [-0.39, 0.29) is 12.1 Å². The van der Waals surface area contributed by atoms with Crippen molar-refractivity contribution in [2.45, 2.75) is 70.7 Å². The molecule has 2 amide bonds. The monoisotopic (exact) mass is 516 g/mol. The maximum Gasteiger partial charge on any atom is 0.408 e. The van der Waals surface area contributed by atoms with Gasteiger partial charge in [0.1, 0.15) is 11.6 Å². The Hall–Kier alpha value is -3.65. The number of amides is 2. The summed E-state index contributed by atoms with van der Waals surface area (Å²) < 4.78 is 13.4. The van der Waals surface area contributed by atoms with E-state index in [0.717, 1.165) is 60.4 Å². The number of hydrogen-bond acceptors (Lipinski definition) is 5. The first kappa shape index (κ1) is 26.0. The molecule has 1 N–H and O–H groups in total. The summed E-state index contributed by atoms with van der Waals surface area (Å²) in [5, 5.41) is 7.39. The number of carbonyl (C=O) groups is 2. The average molecular weight is 517 g/mol. The van der Waals surface area contributed by atoms with Crippen molar-refractivity contribution in [2.75, 3.05) is 18.1 Å². The minimum absolute atomic E-state index is 0.0759. The maximum absolute atomic E-state index is 13.9. The largest absolute Gasteiger partial charge is 0.444 e. The molecular formula is C30H36N4O4. The van der Waals surface area contributed by atoms with Crippen molar-refractivity contribution >= 4 is 17.7 Å². The lowest BCUT2D eigenvalue weighted by Gasteiger charge is -2.27. The van der Waals surface area contributed by atoms with Crippen molar-refractivity contribution in [3.63, 3.8) is 0 Å². The molecule has 1 aromatic heterocycles. The summed E-state index contributed by atoms with van der Waals surface area (Å²) in [6.07, 6.45) is 5.37. The number of nitrogens with zero attached hydrogens (tertiary/aromatic N) is 3. The molecule has 2 aliphatic heterocycles. The van der Waals surface area contributed by atoms with Crippen molar-refractivity contribution in [1.82, 2.24) is 15.1 Å². The number of benzene rings is 2. The smallest absolute Gasteiger partial charge is 0.408 e. The van der Waals surface area contributed by atoms with Gasteiger partial charge in [-0.2, -0.15) is 5.10 Å². The first-order valence-corrected chi connectivity index (χ1v) is 13.4. The summed E-state index contributed by atoms with van der Waals surface area (Å²) in [7, 11) is 0. The summed E-state index contributed by atoms with van der Waals surface area (Å²) in [6, 6.07) is 17.2. The van der Waals surface area contributed by atoms with Crippen molar-refractivity contribution in [3.8, 4) is 11.3 Å². The van der Waals surface area contributed by atoms with Gasteiger partial charge in [0, 0.05) is 37.0 Å². The Morgan fingerprint density at radius 2 is 1.95 bits per heavy atom. The van der Waals surface area contributed by atoms with Gasteiger partial charge >= 0.3 is 6.09 Å². The summed E-state index contributed by atoms with van der Waals surface area (Å²) in [6.45, 7) is 6.72. The minimum atomic E-state index is -0.761. The van der Waals surface area contributed by atoms with Crippen LogP contribution in [0.1, 0.15) is 57.4 Å². The molecule has 5 rings (SSSR count). The molecule has 2 atom stereocenters. The molecule has 38 heavy (non-hydrogen) atoms. The van der Waals surface area contributed by atoms with E-state index >= 15 is 0 Å². The predicted octanol–water partition coefficient (Wildman–Crippen LogP) is 5.27. The van der Waals surface area contributed by atoms with Crippen LogP contribution >= 0.6 is 0 Å². The van der Waals surface area contributed by atoms with Gasteiger partial charge < -0.3 is 19.7 Å². The molecule has 0 spiro atoms.